The molecule has 4 heteroatoms. The van der Waals surface area contributed by atoms with Crippen LogP contribution in [0.5, 0.6) is 5.75 Å². The van der Waals surface area contributed by atoms with Crippen LogP contribution in [0.3, 0.4) is 0 Å². The summed E-state index contributed by atoms with van der Waals surface area (Å²) in [6, 6.07) is 5.80. The molecule has 1 aromatic carbocycles. The molecule has 0 bridgehead atoms. The molecule has 1 aliphatic carbocycles. The number of aliphatic hydroxyl groups excluding tert-OH is 1. The summed E-state index contributed by atoms with van der Waals surface area (Å²) in [5.41, 5.74) is 1.43. The van der Waals surface area contributed by atoms with Crippen LogP contribution < -0.4 is 10.1 Å². The standard InChI is InChI=1S/C18H25NO3/c1-17(2)11-22-15-12(6-4-7-13(15)17)16(21)19-14-8-5-9-18(14,3)10-20/h4,6-7,14,20H,5,8-11H2,1-3H3,(H,19,21). The van der Waals surface area contributed by atoms with Gasteiger partial charge in [-0.15, -0.1) is 0 Å². The molecular formula is C18H25NO3. The molecule has 1 fully saturated rings. The van der Waals surface area contributed by atoms with Gasteiger partial charge in [-0.3, -0.25) is 4.79 Å². The Balaban J connectivity index is 1.84. The number of rotatable bonds is 3. The highest BCUT2D eigenvalue weighted by Crippen LogP contribution is 2.41. The normalized spacial score (nSPS) is 29.0. The molecule has 3 rings (SSSR count). The van der Waals surface area contributed by atoms with Gasteiger partial charge in [0.15, 0.2) is 0 Å². The number of aliphatic hydroxyl groups is 1. The SMILES string of the molecule is CC1(C)COc2c(C(=O)NC3CCCC3(C)CO)cccc21. The van der Waals surface area contributed by atoms with Crippen molar-refractivity contribution in [3.05, 3.63) is 29.3 Å². The molecule has 1 aliphatic heterocycles. The van der Waals surface area contributed by atoms with Gasteiger partial charge in [-0.25, -0.2) is 0 Å². The van der Waals surface area contributed by atoms with Crippen molar-refractivity contribution in [3.63, 3.8) is 0 Å². The molecule has 22 heavy (non-hydrogen) atoms. The lowest BCUT2D eigenvalue weighted by Gasteiger charge is -2.30. The first-order valence-electron chi connectivity index (χ1n) is 8.05. The molecule has 2 N–H and O–H groups in total. The number of hydrogen-bond acceptors (Lipinski definition) is 3. The van der Waals surface area contributed by atoms with E-state index in [0.717, 1.165) is 24.8 Å². The quantitative estimate of drug-likeness (QED) is 0.902. The van der Waals surface area contributed by atoms with E-state index in [0.29, 0.717) is 17.9 Å². The summed E-state index contributed by atoms with van der Waals surface area (Å²) in [7, 11) is 0. The van der Waals surface area contributed by atoms with E-state index < -0.39 is 0 Å². The van der Waals surface area contributed by atoms with Crippen molar-refractivity contribution < 1.29 is 14.6 Å². The number of carbonyl (C=O) groups is 1. The molecule has 2 unspecified atom stereocenters. The lowest BCUT2D eigenvalue weighted by atomic mass is 9.85. The summed E-state index contributed by atoms with van der Waals surface area (Å²) in [6.07, 6.45) is 2.91. The smallest absolute Gasteiger partial charge is 0.255 e. The maximum Gasteiger partial charge on any atom is 0.255 e. The van der Waals surface area contributed by atoms with E-state index >= 15 is 0 Å². The van der Waals surface area contributed by atoms with Crippen LogP contribution in [0.25, 0.3) is 0 Å². The van der Waals surface area contributed by atoms with Gasteiger partial charge in [0, 0.05) is 22.4 Å². The Bertz CT molecular complexity index is 596. The second kappa shape index (κ2) is 5.27. The van der Waals surface area contributed by atoms with E-state index in [1.165, 1.54) is 0 Å². The third-order valence-corrected chi connectivity index (χ3v) is 5.31. The zero-order valence-electron chi connectivity index (χ0n) is 13.6. The number of para-hydroxylation sites is 1. The van der Waals surface area contributed by atoms with Gasteiger partial charge in [0.25, 0.3) is 5.91 Å². The number of hydrogen-bond donors (Lipinski definition) is 2. The summed E-state index contributed by atoms with van der Waals surface area (Å²) < 4.78 is 5.80. The van der Waals surface area contributed by atoms with Gasteiger partial charge in [0.1, 0.15) is 5.75 Å². The monoisotopic (exact) mass is 303 g/mol. The number of ether oxygens (including phenoxy) is 1. The molecule has 1 heterocycles. The van der Waals surface area contributed by atoms with Crippen molar-refractivity contribution in [2.45, 2.75) is 51.5 Å². The Labute approximate surface area is 131 Å². The summed E-state index contributed by atoms with van der Waals surface area (Å²) in [5, 5.41) is 12.7. The Morgan fingerprint density at radius 3 is 2.91 bits per heavy atom. The first-order valence-corrected chi connectivity index (χ1v) is 8.05. The molecule has 120 valence electrons. The molecule has 0 aromatic heterocycles. The number of carbonyl (C=O) groups excluding carboxylic acids is 1. The summed E-state index contributed by atoms with van der Waals surface area (Å²) in [5.74, 6) is 0.620. The van der Waals surface area contributed by atoms with Crippen LogP contribution in [0.2, 0.25) is 0 Å². The van der Waals surface area contributed by atoms with Crippen molar-refractivity contribution >= 4 is 5.91 Å². The average molecular weight is 303 g/mol. The van der Waals surface area contributed by atoms with Gasteiger partial charge in [-0.1, -0.05) is 39.3 Å². The van der Waals surface area contributed by atoms with Crippen molar-refractivity contribution in [1.29, 1.82) is 0 Å². The highest BCUT2D eigenvalue weighted by atomic mass is 16.5. The Hall–Kier alpha value is -1.55. The van der Waals surface area contributed by atoms with Crippen LogP contribution >= 0.6 is 0 Å². The van der Waals surface area contributed by atoms with Crippen LogP contribution in [0.4, 0.5) is 0 Å². The van der Waals surface area contributed by atoms with Crippen LogP contribution in [0.1, 0.15) is 56.0 Å². The van der Waals surface area contributed by atoms with Crippen LogP contribution in [-0.2, 0) is 5.41 Å². The van der Waals surface area contributed by atoms with Gasteiger partial charge in [-0.2, -0.15) is 0 Å². The van der Waals surface area contributed by atoms with E-state index in [2.05, 4.69) is 19.2 Å². The molecule has 1 saturated carbocycles. The fraction of sp³-hybridized carbons (Fsp3) is 0.611. The molecule has 0 saturated heterocycles. The average Bonchev–Trinajstić information content (AvgIpc) is 3.01. The molecule has 4 nitrogen and oxygen atoms in total. The Morgan fingerprint density at radius 1 is 1.41 bits per heavy atom. The van der Waals surface area contributed by atoms with Crippen LogP contribution in [0.15, 0.2) is 18.2 Å². The topological polar surface area (TPSA) is 58.6 Å². The van der Waals surface area contributed by atoms with Crippen molar-refractivity contribution in [1.82, 2.24) is 5.32 Å². The summed E-state index contributed by atoms with van der Waals surface area (Å²) >= 11 is 0. The number of amides is 1. The first kappa shape index (κ1) is 15.3. The molecular weight excluding hydrogens is 278 g/mol. The zero-order chi connectivity index (χ0) is 16.0. The van der Waals surface area contributed by atoms with E-state index in [-0.39, 0.29) is 29.4 Å². The number of benzene rings is 1. The second-order valence-corrected chi connectivity index (χ2v) is 7.59. The van der Waals surface area contributed by atoms with Gasteiger partial charge in [-0.05, 0) is 18.9 Å². The largest absolute Gasteiger partial charge is 0.492 e. The lowest BCUT2D eigenvalue weighted by Crippen LogP contribution is -2.44. The Kier molecular flexibility index (Phi) is 3.68. The minimum absolute atomic E-state index is 0.0234. The van der Waals surface area contributed by atoms with Crippen LogP contribution in [-0.4, -0.2) is 30.3 Å². The van der Waals surface area contributed by atoms with Gasteiger partial charge in [0.2, 0.25) is 0 Å². The zero-order valence-corrected chi connectivity index (χ0v) is 13.6. The van der Waals surface area contributed by atoms with Crippen LogP contribution in [0, 0.1) is 5.41 Å². The maximum absolute atomic E-state index is 12.7. The molecule has 2 atom stereocenters. The second-order valence-electron chi connectivity index (χ2n) is 7.59. The van der Waals surface area contributed by atoms with Crippen molar-refractivity contribution in [3.8, 4) is 5.75 Å². The third kappa shape index (κ3) is 2.39. The lowest BCUT2D eigenvalue weighted by molar-refractivity contribution is 0.0827. The maximum atomic E-state index is 12.7. The molecule has 1 aromatic rings. The highest BCUT2D eigenvalue weighted by molar-refractivity contribution is 5.98. The summed E-state index contributed by atoms with van der Waals surface area (Å²) in [6.45, 7) is 7.00. The minimum Gasteiger partial charge on any atom is -0.492 e. The van der Waals surface area contributed by atoms with E-state index in [1.54, 1.807) is 0 Å². The van der Waals surface area contributed by atoms with E-state index in [9.17, 15) is 9.90 Å². The highest BCUT2D eigenvalue weighted by Gasteiger charge is 2.40. The van der Waals surface area contributed by atoms with Gasteiger partial charge < -0.3 is 15.2 Å². The van der Waals surface area contributed by atoms with Crippen molar-refractivity contribution in [2.75, 3.05) is 13.2 Å². The molecule has 0 radical (unpaired) electrons. The van der Waals surface area contributed by atoms with Gasteiger partial charge >= 0.3 is 0 Å². The predicted molar refractivity (Wildman–Crippen MR) is 85.3 cm³/mol. The minimum atomic E-state index is -0.215. The number of fused-ring (bicyclic) bond motifs is 1. The van der Waals surface area contributed by atoms with E-state index in [1.807, 2.05) is 25.1 Å². The summed E-state index contributed by atoms with van der Waals surface area (Å²) in [4.78, 5) is 12.7. The Morgan fingerprint density at radius 2 is 2.18 bits per heavy atom. The fourth-order valence-corrected chi connectivity index (χ4v) is 3.64. The fourth-order valence-electron chi connectivity index (χ4n) is 3.64. The molecule has 2 aliphatic rings. The van der Waals surface area contributed by atoms with E-state index in [4.69, 9.17) is 4.74 Å². The van der Waals surface area contributed by atoms with Crippen molar-refractivity contribution in [2.24, 2.45) is 5.41 Å². The predicted octanol–water partition coefficient (Wildman–Crippen LogP) is 2.64. The molecule has 0 spiro atoms. The van der Waals surface area contributed by atoms with Gasteiger partial charge in [0.05, 0.1) is 18.8 Å². The number of nitrogens with one attached hydrogen (secondary N) is 1. The third-order valence-electron chi connectivity index (χ3n) is 5.31. The first-order chi connectivity index (χ1) is 10.4. The molecule has 1 amide bonds.